The number of hydrogen-bond donors (Lipinski definition) is 0. The standard InChI is InChI=1S/C17H15NO4/c19-17(22-15-9-7-14(8-10-15)18(20)21)11-13-6-5-12-3-1-2-4-16(12)13/h1-4,7-10,13H,5-6,11H2/t13-/m0/s1. The van der Waals surface area contributed by atoms with E-state index in [9.17, 15) is 14.9 Å². The third-order valence-corrected chi connectivity index (χ3v) is 3.95. The number of hydrogen-bond acceptors (Lipinski definition) is 4. The Hall–Kier alpha value is -2.69. The minimum absolute atomic E-state index is 0.0236. The summed E-state index contributed by atoms with van der Waals surface area (Å²) >= 11 is 0. The Balaban J connectivity index is 1.62. The van der Waals surface area contributed by atoms with E-state index in [0.29, 0.717) is 12.2 Å². The second-order valence-corrected chi connectivity index (χ2v) is 5.36. The van der Waals surface area contributed by atoms with Gasteiger partial charge >= 0.3 is 5.97 Å². The maximum Gasteiger partial charge on any atom is 0.311 e. The van der Waals surface area contributed by atoms with Gasteiger partial charge in [-0.25, -0.2) is 0 Å². The van der Waals surface area contributed by atoms with E-state index in [1.165, 1.54) is 35.4 Å². The molecule has 0 N–H and O–H groups in total. The molecule has 1 aliphatic carbocycles. The third kappa shape index (κ3) is 2.98. The van der Waals surface area contributed by atoms with Gasteiger partial charge in [-0.1, -0.05) is 24.3 Å². The first-order valence-electron chi connectivity index (χ1n) is 7.16. The molecule has 0 bridgehead atoms. The third-order valence-electron chi connectivity index (χ3n) is 3.95. The number of aryl methyl sites for hydroxylation is 1. The first kappa shape index (κ1) is 14.3. The molecule has 0 heterocycles. The van der Waals surface area contributed by atoms with Crippen LogP contribution in [-0.2, 0) is 11.2 Å². The van der Waals surface area contributed by atoms with Gasteiger partial charge in [0.25, 0.3) is 5.69 Å². The van der Waals surface area contributed by atoms with Gasteiger partial charge in [0.15, 0.2) is 0 Å². The average Bonchev–Trinajstić information content (AvgIpc) is 2.91. The fourth-order valence-corrected chi connectivity index (χ4v) is 2.87. The number of nitro groups is 1. The van der Waals surface area contributed by atoms with Crippen molar-refractivity contribution in [3.63, 3.8) is 0 Å². The number of nitrogens with zero attached hydrogens (tertiary/aromatic N) is 1. The Bertz CT molecular complexity index is 709. The fraction of sp³-hybridized carbons (Fsp3) is 0.235. The van der Waals surface area contributed by atoms with Crippen molar-refractivity contribution in [2.24, 2.45) is 0 Å². The number of esters is 1. The lowest BCUT2D eigenvalue weighted by Gasteiger charge is -2.11. The molecule has 2 aromatic rings. The summed E-state index contributed by atoms with van der Waals surface area (Å²) < 4.78 is 5.26. The van der Waals surface area contributed by atoms with Gasteiger partial charge in [0.05, 0.1) is 11.3 Å². The first-order valence-corrected chi connectivity index (χ1v) is 7.16. The van der Waals surface area contributed by atoms with Crippen LogP contribution < -0.4 is 4.74 Å². The molecule has 0 saturated heterocycles. The molecule has 112 valence electrons. The number of non-ortho nitro benzene ring substituents is 1. The van der Waals surface area contributed by atoms with E-state index in [0.717, 1.165) is 12.8 Å². The molecule has 0 saturated carbocycles. The van der Waals surface area contributed by atoms with Crippen molar-refractivity contribution in [3.05, 3.63) is 69.8 Å². The van der Waals surface area contributed by atoms with Crippen LogP contribution in [0.15, 0.2) is 48.5 Å². The minimum Gasteiger partial charge on any atom is -0.427 e. The number of carbonyl (C=O) groups excluding carboxylic acids is 1. The van der Waals surface area contributed by atoms with Crippen LogP contribution in [0.5, 0.6) is 5.75 Å². The summed E-state index contributed by atoms with van der Waals surface area (Å²) in [7, 11) is 0. The van der Waals surface area contributed by atoms with Crippen LogP contribution >= 0.6 is 0 Å². The van der Waals surface area contributed by atoms with E-state index in [1.807, 2.05) is 12.1 Å². The van der Waals surface area contributed by atoms with Gasteiger partial charge in [0.2, 0.25) is 0 Å². The lowest BCUT2D eigenvalue weighted by Crippen LogP contribution is -2.11. The van der Waals surface area contributed by atoms with Crippen molar-refractivity contribution in [1.82, 2.24) is 0 Å². The van der Waals surface area contributed by atoms with E-state index >= 15 is 0 Å². The molecule has 0 radical (unpaired) electrons. The SMILES string of the molecule is O=C(C[C@@H]1CCc2ccccc21)Oc1ccc([N+](=O)[O-])cc1. The Morgan fingerprint density at radius 1 is 1.18 bits per heavy atom. The van der Waals surface area contributed by atoms with Crippen LogP contribution in [0, 0.1) is 10.1 Å². The Morgan fingerprint density at radius 3 is 2.64 bits per heavy atom. The van der Waals surface area contributed by atoms with Crippen molar-refractivity contribution in [3.8, 4) is 5.75 Å². The minimum atomic E-state index is -0.485. The summed E-state index contributed by atoms with van der Waals surface area (Å²) in [5.74, 6) is 0.221. The molecule has 3 rings (SSSR count). The Morgan fingerprint density at radius 2 is 1.91 bits per heavy atom. The number of fused-ring (bicyclic) bond motifs is 1. The van der Waals surface area contributed by atoms with E-state index in [1.54, 1.807) is 0 Å². The molecule has 5 nitrogen and oxygen atoms in total. The molecule has 1 aliphatic rings. The lowest BCUT2D eigenvalue weighted by atomic mass is 9.98. The zero-order valence-electron chi connectivity index (χ0n) is 11.9. The number of carbonyl (C=O) groups is 1. The Kier molecular flexibility index (Phi) is 3.87. The second kappa shape index (κ2) is 5.97. The van der Waals surface area contributed by atoms with Gasteiger partial charge in [0, 0.05) is 12.1 Å². The van der Waals surface area contributed by atoms with Gasteiger partial charge in [-0.15, -0.1) is 0 Å². The average molecular weight is 297 g/mol. The normalized spacial score (nSPS) is 16.1. The Labute approximate surface area is 127 Å². The van der Waals surface area contributed by atoms with Crippen LogP contribution in [0.25, 0.3) is 0 Å². The molecule has 2 aromatic carbocycles. The lowest BCUT2D eigenvalue weighted by molar-refractivity contribution is -0.384. The summed E-state index contributed by atoms with van der Waals surface area (Å²) in [4.78, 5) is 22.1. The van der Waals surface area contributed by atoms with Crippen molar-refractivity contribution < 1.29 is 14.5 Å². The first-order chi connectivity index (χ1) is 10.6. The molecule has 22 heavy (non-hydrogen) atoms. The zero-order chi connectivity index (χ0) is 15.5. The van der Waals surface area contributed by atoms with Crippen LogP contribution in [0.1, 0.15) is 29.9 Å². The van der Waals surface area contributed by atoms with Crippen molar-refractivity contribution >= 4 is 11.7 Å². The molecular weight excluding hydrogens is 282 g/mol. The summed E-state index contributed by atoms with van der Waals surface area (Å²) in [5.41, 5.74) is 2.50. The summed E-state index contributed by atoms with van der Waals surface area (Å²) in [6.45, 7) is 0. The maximum absolute atomic E-state index is 12.0. The van der Waals surface area contributed by atoms with Crippen molar-refractivity contribution in [2.75, 3.05) is 0 Å². The van der Waals surface area contributed by atoms with Crippen molar-refractivity contribution in [1.29, 1.82) is 0 Å². The van der Waals surface area contributed by atoms with Crippen LogP contribution in [0.4, 0.5) is 5.69 Å². The molecule has 0 amide bonds. The van der Waals surface area contributed by atoms with Gasteiger partial charge in [0.1, 0.15) is 5.75 Å². The monoisotopic (exact) mass is 297 g/mol. The molecule has 0 fully saturated rings. The number of rotatable bonds is 4. The highest BCUT2D eigenvalue weighted by Crippen LogP contribution is 2.35. The number of ether oxygens (including phenoxy) is 1. The molecule has 5 heteroatoms. The molecule has 0 aliphatic heterocycles. The highest BCUT2D eigenvalue weighted by Gasteiger charge is 2.25. The maximum atomic E-state index is 12.0. The van der Waals surface area contributed by atoms with E-state index in [2.05, 4.69) is 12.1 Å². The quantitative estimate of drug-likeness (QED) is 0.374. The molecule has 1 atom stereocenters. The molecular formula is C17H15NO4. The predicted molar refractivity (Wildman–Crippen MR) is 80.9 cm³/mol. The van der Waals surface area contributed by atoms with E-state index < -0.39 is 4.92 Å². The number of nitro benzene ring substituents is 1. The predicted octanol–water partition coefficient (Wildman–Crippen LogP) is 3.62. The zero-order valence-corrected chi connectivity index (χ0v) is 11.9. The van der Waals surface area contributed by atoms with Crippen LogP contribution in [-0.4, -0.2) is 10.9 Å². The van der Waals surface area contributed by atoms with E-state index in [-0.39, 0.29) is 17.6 Å². The fourth-order valence-electron chi connectivity index (χ4n) is 2.87. The molecule has 0 aromatic heterocycles. The van der Waals surface area contributed by atoms with Crippen molar-refractivity contribution in [2.45, 2.75) is 25.2 Å². The van der Waals surface area contributed by atoms with Gasteiger partial charge < -0.3 is 4.74 Å². The highest BCUT2D eigenvalue weighted by molar-refractivity contribution is 5.73. The summed E-state index contributed by atoms with van der Waals surface area (Å²) in [6.07, 6.45) is 2.27. The van der Waals surface area contributed by atoms with Crippen LogP contribution in [0.2, 0.25) is 0 Å². The van der Waals surface area contributed by atoms with Gasteiger partial charge in [-0.05, 0) is 42.0 Å². The number of benzene rings is 2. The van der Waals surface area contributed by atoms with Gasteiger partial charge in [-0.2, -0.15) is 0 Å². The largest absolute Gasteiger partial charge is 0.427 e. The highest BCUT2D eigenvalue weighted by atomic mass is 16.6. The summed E-state index contributed by atoms with van der Waals surface area (Å²) in [6, 6.07) is 13.7. The molecule has 0 spiro atoms. The van der Waals surface area contributed by atoms with Crippen LogP contribution in [0.3, 0.4) is 0 Å². The van der Waals surface area contributed by atoms with Gasteiger partial charge in [-0.3, -0.25) is 14.9 Å². The topological polar surface area (TPSA) is 69.4 Å². The smallest absolute Gasteiger partial charge is 0.311 e. The van der Waals surface area contributed by atoms with E-state index in [4.69, 9.17) is 4.74 Å². The second-order valence-electron chi connectivity index (χ2n) is 5.36. The molecule has 0 unspecified atom stereocenters. The summed E-state index contributed by atoms with van der Waals surface area (Å²) in [5, 5.41) is 10.6.